The summed E-state index contributed by atoms with van der Waals surface area (Å²) in [6.45, 7) is 7.77. The Labute approximate surface area is 224 Å². The van der Waals surface area contributed by atoms with Gasteiger partial charge in [-0.05, 0) is 77.9 Å². The maximum absolute atomic E-state index is 13.4. The molecule has 2 heterocycles. The molecule has 2 aromatic carbocycles. The van der Waals surface area contributed by atoms with E-state index < -0.39 is 17.7 Å². The number of Topliss-reactive ketones (excluding diaryl/α,β-unsaturated/α-hetero) is 1. The lowest BCUT2D eigenvalue weighted by atomic mass is 9.94. The maximum Gasteiger partial charge on any atom is 0.295 e. The SMILES string of the molecule is CCN(CC)CCCN1C(=O)C(=O)/C(=C(/O)c2ccc3c(c2)OCCO3)[C@@H]1c1cc(Br)c(O)c(OC)c1. The van der Waals surface area contributed by atoms with Crippen LogP contribution in [0.1, 0.15) is 37.4 Å². The Morgan fingerprint density at radius 3 is 2.51 bits per heavy atom. The highest BCUT2D eigenvalue weighted by atomic mass is 79.9. The van der Waals surface area contributed by atoms with E-state index in [2.05, 4.69) is 34.7 Å². The van der Waals surface area contributed by atoms with Gasteiger partial charge >= 0.3 is 0 Å². The van der Waals surface area contributed by atoms with Crippen molar-refractivity contribution in [2.45, 2.75) is 26.3 Å². The van der Waals surface area contributed by atoms with Gasteiger partial charge in [-0.25, -0.2) is 0 Å². The van der Waals surface area contributed by atoms with E-state index in [0.29, 0.717) is 53.3 Å². The number of likely N-dealkylation sites (tertiary alicyclic amines) is 1. The van der Waals surface area contributed by atoms with Gasteiger partial charge in [0.05, 0.1) is 23.2 Å². The third-order valence-corrected chi connectivity index (χ3v) is 7.31. The number of carbonyl (C=O) groups excluding carboxylic acids is 2. The van der Waals surface area contributed by atoms with Crippen LogP contribution in [0.4, 0.5) is 0 Å². The molecule has 0 aromatic heterocycles. The van der Waals surface area contributed by atoms with Crippen molar-refractivity contribution in [2.75, 3.05) is 46.5 Å². The van der Waals surface area contributed by atoms with Crippen LogP contribution in [0.2, 0.25) is 0 Å². The summed E-state index contributed by atoms with van der Waals surface area (Å²) in [6.07, 6.45) is 0.644. The highest BCUT2D eigenvalue weighted by Gasteiger charge is 2.46. The average molecular weight is 575 g/mol. The topological polar surface area (TPSA) is 109 Å². The van der Waals surface area contributed by atoms with Gasteiger partial charge in [0.2, 0.25) is 0 Å². The molecule has 2 aliphatic rings. The largest absolute Gasteiger partial charge is 0.507 e. The molecule has 10 heteroatoms. The molecule has 0 saturated carbocycles. The van der Waals surface area contributed by atoms with Gasteiger partial charge in [0.25, 0.3) is 11.7 Å². The van der Waals surface area contributed by atoms with Crippen molar-refractivity contribution in [3.8, 4) is 23.0 Å². The molecule has 0 bridgehead atoms. The molecule has 1 saturated heterocycles. The molecule has 2 aliphatic heterocycles. The summed E-state index contributed by atoms with van der Waals surface area (Å²) in [5.41, 5.74) is 0.812. The highest BCUT2D eigenvalue weighted by Crippen LogP contribution is 2.45. The molecule has 9 nitrogen and oxygen atoms in total. The van der Waals surface area contributed by atoms with Crippen LogP contribution in [0.15, 0.2) is 40.4 Å². The molecule has 1 atom stereocenters. The molecular weight excluding hydrogens is 544 g/mol. The number of ether oxygens (including phenoxy) is 3. The summed E-state index contributed by atoms with van der Waals surface area (Å²) in [4.78, 5) is 30.3. The lowest BCUT2D eigenvalue weighted by molar-refractivity contribution is -0.140. The predicted octanol–water partition coefficient (Wildman–Crippen LogP) is 4.09. The summed E-state index contributed by atoms with van der Waals surface area (Å²) < 4.78 is 16.9. The first-order chi connectivity index (χ1) is 17.8. The Bertz CT molecular complexity index is 1230. The van der Waals surface area contributed by atoms with Crippen LogP contribution in [-0.4, -0.2) is 78.2 Å². The van der Waals surface area contributed by atoms with Gasteiger partial charge in [0.15, 0.2) is 23.0 Å². The van der Waals surface area contributed by atoms with Crippen LogP contribution < -0.4 is 14.2 Å². The van der Waals surface area contributed by atoms with E-state index in [1.807, 2.05) is 0 Å². The Kier molecular flexibility index (Phi) is 8.29. The van der Waals surface area contributed by atoms with Crippen molar-refractivity contribution < 1.29 is 34.0 Å². The van der Waals surface area contributed by atoms with Crippen molar-refractivity contribution in [3.05, 3.63) is 51.5 Å². The third-order valence-electron chi connectivity index (χ3n) is 6.71. The second-order valence-corrected chi connectivity index (χ2v) is 9.64. The van der Waals surface area contributed by atoms with Crippen molar-refractivity contribution in [1.29, 1.82) is 0 Å². The number of carbonyl (C=O) groups is 2. The number of hydrogen-bond acceptors (Lipinski definition) is 8. The number of ketones is 1. The smallest absolute Gasteiger partial charge is 0.295 e. The van der Waals surface area contributed by atoms with E-state index in [1.165, 1.54) is 12.0 Å². The molecule has 198 valence electrons. The number of aliphatic hydroxyl groups is 1. The molecule has 0 unspecified atom stereocenters. The minimum Gasteiger partial charge on any atom is -0.507 e. The molecule has 2 aromatic rings. The molecule has 2 N–H and O–H groups in total. The Morgan fingerprint density at radius 2 is 1.84 bits per heavy atom. The first-order valence-electron chi connectivity index (χ1n) is 12.3. The number of rotatable bonds is 9. The Morgan fingerprint density at radius 1 is 1.14 bits per heavy atom. The summed E-state index contributed by atoms with van der Waals surface area (Å²) in [6, 6.07) is 7.21. The van der Waals surface area contributed by atoms with Crippen LogP contribution in [-0.2, 0) is 9.59 Å². The van der Waals surface area contributed by atoms with Gasteiger partial charge < -0.3 is 34.2 Å². The van der Waals surface area contributed by atoms with Gasteiger partial charge in [-0.15, -0.1) is 0 Å². The number of halogens is 1. The van der Waals surface area contributed by atoms with Crippen molar-refractivity contribution in [1.82, 2.24) is 9.80 Å². The first-order valence-corrected chi connectivity index (χ1v) is 13.1. The highest BCUT2D eigenvalue weighted by molar-refractivity contribution is 9.10. The molecule has 1 amide bonds. The molecule has 0 aliphatic carbocycles. The van der Waals surface area contributed by atoms with Crippen LogP contribution >= 0.6 is 15.9 Å². The van der Waals surface area contributed by atoms with Crippen molar-refractivity contribution in [2.24, 2.45) is 0 Å². The van der Waals surface area contributed by atoms with Gasteiger partial charge in [-0.3, -0.25) is 9.59 Å². The number of benzene rings is 2. The average Bonchev–Trinajstić information content (AvgIpc) is 3.16. The number of aliphatic hydroxyl groups excluding tert-OH is 1. The molecule has 4 rings (SSSR count). The number of phenols is 1. The number of hydrogen-bond donors (Lipinski definition) is 2. The fourth-order valence-electron chi connectivity index (χ4n) is 4.72. The minimum atomic E-state index is -0.879. The number of nitrogens with zero attached hydrogens (tertiary/aromatic N) is 2. The number of aromatic hydroxyl groups is 1. The van der Waals surface area contributed by atoms with E-state index in [9.17, 15) is 19.8 Å². The van der Waals surface area contributed by atoms with Crippen LogP contribution in [0.5, 0.6) is 23.0 Å². The molecule has 1 fully saturated rings. The molecule has 0 radical (unpaired) electrons. The lowest BCUT2D eigenvalue weighted by Crippen LogP contribution is -2.33. The number of amides is 1. The van der Waals surface area contributed by atoms with Gasteiger partial charge in [-0.2, -0.15) is 0 Å². The quantitative estimate of drug-likeness (QED) is 0.262. The Hall–Kier alpha value is -3.24. The van der Waals surface area contributed by atoms with E-state index in [0.717, 1.165) is 19.6 Å². The zero-order valence-electron chi connectivity index (χ0n) is 21.1. The monoisotopic (exact) mass is 574 g/mol. The number of methoxy groups -OCH3 is 1. The minimum absolute atomic E-state index is 0.0378. The van der Waals surface area contributed by atoms with Crippen LogP contribution in [0.25, 0.3) is 5.76 Å². The second kappa shape index (κ2) is 11.4. The maximum atomic E-state index is 13.4. The van der Waals surface area contributed by atoms with E-state index in [1.54, 1.807) is 30.3 Å². The normalized spacial score (nSPS) is 18.5. The standard InChI is InChI=1S/C27H31BrN2O7/c1-4-29(5-2)9-6-10-30-23(17-13-18(28)25(32)21(15-17)35-3)22(26(33)27(30)34)24(31)16-7-8-19-20(14-16)37-12-11-36-19/h7-8,13-15,23,31-32H,4-6,9-12H2,1-3H3/b24-22+/t23-/m0/s1. The van der Waals surface area contributed by atoms with Crippen molar-refractivity contribution >= 4 is 33.4 Å². The fourth-order valence-corrected chi connectivity index (χ4v) is 5.17. The van der Waals surface area contributed by atoms with Gasteiger partial charge in [-0.1, -0.05) is 13.8 Å². The summed E-state index contributed by atoms with van der Waals surface area (Å²) in [7, 11) is 1.42. The van der Waals surface area contributed by atoms with E-state index in [-0.39, 0.29) is 22.8 Å². The fraction of sp³-hybridized carbons (Fsp3) is 0.407. The number of fused-ring (bicyclic) bond motifs is 1. The third kappa shape index (κ3) is 5.26. The summed E-state index contributed by atoms with van der Waals surface area (Å²) in [5.74, 6) is -0.698. The van der Waals surface area contributed by atoms with E-state index in [4.69, 9.17) is 14.2 Å². The van der Waals surface area contributed by atoms with Gasteiger partial charge in [0.1, 0.15) is 19.0 Å². The van der Waals surface area contributed by atoms with Gasteiger partial charge in [0, 0.05) is 12.1 Å². The molecule has 0 spiro atoms. The van der Waals surface area contributed by atoms with Crippen LogP contribution in [0.3, 0.4) is 0 Å². The van der Waals surface area contributed by atoms with Crippen LogP contribution in [0, 0.1) is 0 Å². The van der Waals surface area contributed by atoms with E-state index >= 15 is 0 Å². The molecular formula is C27H31BrN2O7. The first kappa shape index (κ1) is 26.8. The summed E-state index contributed by atoms with van der Waals surface area (Å²) >= 11 is 3.33. The second-order valence-electron chi connectivity index (χ2n) is 8.78. The lowest BCUT2D eigenvalue weighted by Gasteiger charge is -2.27. The summed E-state index contributed by atoms with van der Waals surface area (Å²) in [5, 5.41) is 21.7. The van der Waals surface area contributed by atoms with Crippen molar-refractivity contribution in [3.63, 3.8) is 0 Å². The Balaban J connectivity index is 1.80. The number of phenolic OH excluding ortho intramolecular Hbond substituents is 1. The molecule has 37 heavy (non-hydrogen) atoms. The zero-order valence-corrected chi connectivity index (χ0v) is 22.7. The zero-order chi connectivity index (χ0) is 26.7. The predicted molar refractivity (Wildman–Crippen MR) is 141 cm³/mol.